The molecule has 12 heterocycles. The standard InChI is InChI=1S/C26H37N7O3Si.2C24H25N9O3.C4H3ClN2/c1-17(16-36-37(6,7)26(2,3)4)33-24(30-31-32-33)21-9-8-10-23(28-21)29-25(34)20-13-19-15-27-12-11-18(19)14-22(20)35-5;2*1-15(14-34)33-22(29-30-31-33)19-5-3-6-21(27-19)28-23(35)18-11-17-13-32(24-25-8-4-9-26-24)10-7-16(17)12-20(18)36-2;5-4-6-2-1-3-7-4/h8-10,13-14,17,27H,11-12,15-16H2,1-7H3,(H,28,29,34);2*3-6,8-9,11-12,15,34H,7,10,13-14H2,1-2H3,(H,27,28,35);1-3H/t17-;2*15-;/m111./s1. The Labute approximate surface area is 674 Å². The maximum absolute atomic E-state index is 13.3. The summed E-state index contributed by atoms with van der Waals surface area (Å²) in [6, 6.07) is 31.7. The lowest BCUT2D eigenvalue weighted by molar-refractivity contribution is 0.101. The van der Waals surface area contributed by atoms with Crippen molar-refractivity contribution in [2.45, 2.75) is 117 Å². The number of amides is 3. The summed E-state index contributed by atoms with van der Waals surface area (Å²) in [5, 5.41) is 66.9. The molecule has 0 radical (unpaired) electrons. The van der Waals surface area contributed by atoms with Crippen LogP contribution in [-0.4, -0.2) is 203 Å². The number of fused-ring (bicyclic) bond motifs is 3. The molecule has 0 unspecified atom stereocenters. The van der Waals surface area contributed by atoms with Crippen LogP contribution in [0, 0.1) is 0 Å². The number of hydrogen-bond acceptors (Lipinski definition) is 30. The number of pyridine rings is 3. The number of nitrogens with zero attached hydrogens (tertiary/aromatic N) is 23. The lowest BCUT2D eigenvalue weighted by Gasteiger charge is -2.36. The molecule has 3 atom stereocenters. The predicted octanol–water partition coefficient (Wildman–Crippen LogP) is 9.16. The molecular formula is C78H90ClN27O9Si. The van der Waals surface area contributed by atoms with Crippen molar-refractivity contribution in [3.63, 3.8) is 0 Å². The predicted molar refractivity (Wildman–Crippen MR) is 433 cm³/mol. The molecule has 38 heteroatoms. The van der Waals surface area contributed by atoms with Crippen molar-refractivity contribution >= 4 is 67.0 Å². The van der Waals surface area contributed by atoms with Crippen molar-refractivity contribution in [3.05, 3.63) is 202 Å². The first-order valence-corrected chi connectivity index (χ1v) is 40.6. The van der Waals surface area contributed by atoms with Crippen LogP contribution in [-0.2, 0) is 43.3 Å². The lowest BCUT2D eigenvalue weighted by Crippen LogP contribution is -2.42. The number of aliphatic hydroxyl groups excluding tert-OH is 2. The fraction of sp³-hybridized carbons (Fsp3) is 0.346. The van der Waals surface area contributed by atoms with E-state index in [0.29, 0.717) is 123 Å². The Morgan fingerprint density at radius 2 is 0.862 bits per heavy atom. The number of benzene rings is 3. The number of carbonyl (C=O) groups is 3. The van der Waals surface area contributed by atoms with Gasteiger partial charge in [0.25, 0.3) is 17.7 Å². The summed E-state index contributed by atoms with van der Waals surface area (Å²) in [7, 11) is 2.76. The van der Waals surface area contributed by atoms with E-state index in [1.165, 1.54) is 14.9 Å². The van der Waals surface area contributed by atoms with E-state index in [4.69, 9.17) is 30.2 Å². The Morgan fingerprint density at radius 1 is 0.500 bits per heavy atom. The summed E-state index contributed by atoms with van der Waals surface area (Å²) < 4.78 is 27.7. The van der Waals surface area contributed by atoms with Gasteiger partial charge >= 0.3 is 0 Å². The minimum absolute atomic E-state index is 0.0902. The Morgan fingerprint density at radius 3 is 1.22 bits per heavy atom. The molecule has 0 fully saturated rings. The first kappa shape index (κ1) is 82.8. The maximum atomic E-state index is 13.3. The zero-order valence-corrected chi connectivity index (χ0v) is 67.7. The number of carbonyl (C=O) groups excluding carboxylic acids is 3. The summed E-state index contributed by atoms with van der Waals surface area (Å²) in [5.41, 5.74) is 9.34. The number of hydrogen-bond donors (Lipinski definition) is 6. The molecule has 3 aromatic carbocycles. The lowest BCUT2D eigenvalue weighted by atomic mass is 9.96. The number of methoxy groups -OCH3 is 3. The van der Waals surface area contributed by atoms with Gasteiger partial charge in [-0.3, -0.25) is 14.4 Å². The van der Waals surface area contributed by atoms with Crippen LogP contribution in [0.25, 0.3) is 34.6 Å². The van der Waals surface area contributed by atoms with Crippen molar-refractivity contribution in [2.75, 3.05) is 86.5 Å². The third-order valence-electron chi connectivity index (χ3n) is 19.8. The number of halogens is 1. The average molecular weight is 1610 g/mol. The number of aromatic nitrogens is 21. The fourth-order valence-corrected chi connectivity index (χ4v) is 13.6. The van der Waals surface area contributed by atoms with E-state index in [1.54, 1.807) is 138 Å². The zero-order chi connectivity index (χ0) is 82.0. The first-order valence-electron chi connectivity index (χ1n) is 37.4. The number of ether oxygens (including phenoxy) is 3. The van der Waals surface area contributed by atoms with Crippen LogP contribution < -0.4 is 45.3 Å². The number of nitrogens with one attached hydrogen (secondary N) is 4. The molecule has 3 aliphatic heterocycles. The maximum Gasteiger partial charge on any atom is 0.260 e. The van der Waals surface area contributed by atoms with Crippen molar-refractivity contribution in [3.8, 4) is 51.8 Å². The largest absolute Gasteiger partial charge is 0.496 e. The second-order valence-corrected chi connectivity index (χ2v) is 33.9. The van der Waals surface area contributed by atoms with E-state index >= 15 is 0 Å². The van der Waals surface area contributed by atoms with Crippen LogP contribution >= 0.6 is 11.6 Å². The van der Waals surface area contributed by atoms with Gasteiger partial charge in [0.1, 0.15) is 51.8 Å². The quantitative estimate of drug-likeness (QED) is 0.0272. The van der Waals surface area contributed by atoms with Crippen LogP contribution in [0.5, 0.6) is 17.2 Å². The van der Waals surface area contributed by atoms with Gasteiger partial charge in [-0.25, -0.2) is 58.9 Å². The normalized spacial score (nSPS) is 13.7. The van der Waals surface area contributed by atoms with E-state index in [-0.39, 0.29) is 54.1 Å². The van der Waals surface area contributed by atoms with Crippen molar-refractivity contribution in [1.29, 1.82) is 0 Å². The highest BCUT2D eigenvalue weighted by Crippen LogP contribution is 2.38. The highest BCUT2D eigenvalue weighted by atomic mass is 35.5. The Hall–Kier alpha value is -12.7. The smallest absolute Gasteiger partial charge is 0.260 e. The van der Waals surface area contributed by atoms with Gasteiger partial charge < -0.3 is 59.9 Å². The molecule has 12 aromatic rings. The van der Waals surface area contributed by atoms with E-state index in [1.807, 2.05) is 55.5 Å². The van der Waals surface area contributed by atoms with Crippen LogP contribution in [0.3, 0.4) is 0 Å². The molecule has 15 rings (SSSR count). The van der Waals surface area contributed by atoms with Gasteiger partial charge in [0.15, 0.2) is 8.32 Å². The summed E-state index contributed by atoms with van der Waals surface area (Å²) in [6.07, 6.45) is 12.5. The van der Waals surface area contributed by atoms with E-state index in [9.17, 15) is 24.6 Å². The van der Waals surface area contributed by atoms with E-state index < -0.39 is 8.32 Å². The number of anilines is 5. The highest BCUT2D eigenvalue weighted by molar-refractivity contribution is 6.74. The second-order valence-electron chi connectivity index (χ2n) is 28.8. The molecule has 3 amide bonds. The van der Waals surface area contributed by atoms with Crippen LogP contribution in [0.4, 0.5) is 29.4 Å². The van der Waals surface area contributed by atoms with Gasteiger partial charge in [-0.2, -0.15) is 0 Å². The summed E-state index contributed by atoms with van der Waals surface area (Å²) in [4.78, 5) is 82.3. The number of tetrazole rings is 3. The Balaban J connectivity index is 0.000000153. The highest BCUT2D eigenvalue weighted by Gasteiger charge is 2.38. The van der Waals surface area contributed by atoms with Crippen molar-refractivity contribution < 1.29 is 43.2 Å². The zero-order valence-electron chi connectivity index (χ0n) is 66.0. The Bertz CT molecular complexity index is 5140. The van der Waals surface area contributed by atoms with Gasteiger partial charge in [0.2, 0.25) is 34.7 Å². The molecular weight excluding hydrogens is 1520 g/mol. The molecule has 3 aliphatic rings. The van der Waals surface area contributed by atoms with Gasteiger partial charge in [-0.15, -0.1) is 15.3 Å². The second kappa shape index (κ2) is 38.0. The molecule has 116 heavy (non-hydrogen) atoms. The van der Waals surface area contributed by atoms with E-state index in [2.05, 4.69) is 156 Å². The van der Waals surface area contributed by atoms with Crippen molar-refractivity contribution in [2.24, 2.45) is 0 Å². The van der Waals surface area contributed by atoms with Crippen LogP contribution in [0.1, 0.15) is 124 Å². The molecule has 0 saturated heterocycles. The van der Waals surface area contributed by atoms with E-state index in [0.717, 1.165) is 73.3 Å². The van der Waals surface area contributed by atoms with Gasteiger partial charge in [0, 0.05) is 69.9 Å². The number of aliphatic hydroxyl groups is 2. The number of rotatable bonds is 22. The molecule has 6 N–H and O–H groups in total. The molecule has 602 valence electrons. The summed E-state index contributed by atoms with van der Waals surface area (Å²) in [6.45, 7) is 21.3. The Kier molecular flexibility index (Phi) is 27.1. The fourth-order valence-electron chi connectivity index (χ4n) is 12.4. The molecule has 0 aliphatic carbocycles. The monoisotopic (exact) mass is 1610 g/mol. The molecule has 0 spiro atoms. The topological polar surface area (TPSA) is 430 Å². The summed E-state index contributed by atoms with van der Waals surface area (Å²) in [5.74, 6) is 4.23. The van der Waals surface area contributed by atoms with Gasteiger partial charge in [-0.1, -0.05) is 39.0 Å². The van der Waals surface area contributed by atoms with Gasteiger partial charge in [-0.05, 0) is 232 Å². The third-order valence-corrected chi connectivity index (χ3v) is 24.5. The third kappa shape index (κ3) is 20.1. The van der Waals surface area contributed by atoms with Crippen molar-refractivity contribution in [1.82, 2.24) is 111 Å². The SMILES string of the molecule is COc1cc2c(cc1C(=O)Nc1cccc(-c3nnnn3[C@H](C)CO)n1)CN(c1ncccn1)CC2.COc1cc2c(cc1C(=O)Nc1cccc(-c3nnnn3[C@H](C)CO)n1)CN(c1ncccn1)CC2.COc1cc2c(cc1C(=O)Nc1cccc(-c3nnnn3[C@H](C)CO[Si](C)(C)C(C)(C)C)n1)CNCC2.Clc1ncccn1. The average Bonchev–Trinajstić information content (AvgIpc) is 0.968. The van der Waals surface area contributed by atoms with Crippen LogP contribution in [0.2, 0.25) is 23.4 Å². The molecule has 36 nitrogen and oxygen atoms in total. The minimum atomic E-state index is -1.91. The van der Waals surface area contributed by atoms with Crippen LogP contribution in [0.15, 0.2) is 146 Å². The van der Waals surface area contributed by atoms with Gasteiger partial charge in [0.05, 0.1) is 76.0 Å². The molecule has 0 bridgehead atoms. The first-order chi connectivity index (χ1) is 56.0. The molecule has 9 aromatic heterocycles. The molecule has 0 saturated carbocycles. The summed E-state index contributed by atoms with van der Waals surface area (Å²) >= 11 is 5.32. The minimum Gasteiger partial charge on any atom is -0.496 e.